The van der Waals surface area contributed by atoms with Crippen LogP contribution >= 0.6 is 0 Å². The highest BCUT2D eigenvalue weighted by Crippen LogP contribution is 2.21. The van der Waals surface area contributed by atoms with E-state index in [1.165, 1.54) is 29.1 Å². The quantitative estimate of drug-likeness (QED) is 0.552. The van der Waals surface area contributed by atoms with E-state index in [-0.39, 0.29) is 29.0 Å². The first-order chi connectivity index (χ1) is 12.9. The first kappa shape index (κ1) is 18.2. The average Bonchev–Trinajstić information content (AvgIpc) is 2.65. The van der Waals surface area contributed by atoms with Crippen molar-refractivity contribution in [2.75, 3.05) is 5.32 Å². The van der Waals surface area contributed by atoms with E-state index in [0.717, 1.165) is 23.2 Å². The lowest BCUT2D eigenvalue weighted by atomic mass is 10.1. The number of nitrogens with zero attached hydrogens (tertiary/aromatic N) is 3. The fourth-order valence-electron chi connectivity index (χ4n) is 2.91. The highest BCUT2D eigenvalue weighted by Gasteiger charge is 2.13. The van der Waals surface area contributed by atoms with Gasteiger partial charge in [0.1, 0.15) is 6.54 Å². The third kappa shape index (κ3) is 3.69. The van der Waals surface area contributed by atoms with Crippen molar-refractivity contribution < 1.29 is 9.72 Å². The number of para-hydroxylation sites is 1. The van der Waals surface area contributed by atoms with Crippen LogP contribution in [-0.2, 0) is 17.8 Å². The first-order valence-corrected chi connectivity index (χ1v) is 8.42. The van der Waals surface area contributed by atoms with Crippen LogP contribution in [0.1, 0.15) is 18.1 Å². The largest absolute Gasteiger partial charge is 0.324 e. The summed E-state index contributed by atoms with van der Waals surface area (Å²) in [7, 11) is 0. The molecule has 0 radical (unpaired) electrons. The van der Waals surface area contributed by atoms with Gasteiger partial charge >= 0.3 is 0 Å². The predicted molar refractivity (Wildman–Crippen MR) is 102 cm³/mol. The summed E-state index contributed by atoms with van der Waals surface area (Å²) in [6, 6.07) is 9.62. The summed E-state index contributed by atoms with van der Waals surface area (Å²) in [4.78, 5) is 39.4. The number of nitro benzene ring substituents is 1. The van der Waals surface area contributed by atoms with Gasteiger partial charge in [-0.1, -0.05) is 25.1 Å². The average molecular weight is 366 g/mol. The topological polar surface area (TPSA) is 107 Å². The summed E-state index contributed by atoms with van der Waals surface area (Å²) in [5, 5.41) is 13.9. The molecule has 0 unspecified atom stereocenters. The maximum atomic E-state index is 12.6. The van der Waals surface area contributed by atoms with Crippen LogP contribution in [0.3, 0.4) is 0 Å². The number of hydrogen-bond donors (Lipinski definition) is 1. The van der Waals surface area contributed by atoms with Gasteiger partial charge in [-0.15, -0.1) is 0 Å². The number of carbonyl (C=O) groups is 1. The van der Waals surface area contributed by atoms with E-state index < -0.39 is 10.5 Å². The fourth-order valence-corrected chi connectivity index (χ4v) is 2.91. The monoisotopic (exact) mass is 366 g/mol. The van der Waals surface area contributed by atoms with Crippen molar-refractivity contribution in [1.82, 2.24) is 9.55 Å². The molecule has 2 aromatic carbocycles. The van der Waals surface area contributed by atoms with Gasteiger partial charge in [-0.2, -0.15) is 0 Å². The van der Waals surface area contributed by atoms with Gasteiger partial charge in [-0.05, 0) is 30.5 Å². The van der Waals surface area contributed by atoms with Crippen LogP contribution in [0.5, 0.6) is 0 Å². The molecule has 0 fully saturated rings. The van der Waals surface area contributed by atoms with Crippen LogP contribution in [-0.4, -0.2) is 20.4 Å². The van der Waals surface area contributed by atoms with Gasteiger partial charge in [0.05, 0.1) is 22.2 Å². The molecule has 0 spiro atoms. The van der Waals surface area contributed by atoms with Crippen LogP contribution < -0.4 is 10.9 Å². The number of non-ortho nitro benzene ring substituents is 1. The smallest absolute Gasteiger partial charge is 0.271 e. The molecular formula is C19H18N4O4. The fraction of sp³-hybridized carbons (Fsp3) is 0.211. The Morgan fingerprint density at radius 3 is 2.78 bits per heavy atom. The molecule has 0 saturated carbocycles. The van der Waals surface area contributed by atoms with Crippen molar-refractivity contribution in [3.8, 4) is 0 Å². The number of nitro groups is 1. The van der Waals surface area contributed by atoms with Crippen LogP contribution in [0.4, 0.5) is 11.4 Å². The summed E-state index contributed by atoms with van der Waals surface area (Å²) in [5.41, 5.74) is 2.36. The third-order valence-electron chi connectivity index (χ3n) is 4.34. The van der Waals surface area contributed by atoms with Crippen LogP contribution in [0, 0.1) is 17.0 Å². The number of amides is 1. The SMILES string of the molecule is CCc1cccc(C)c1NC(=O)Cn1cnc2cc([N+](=O)[O-])ccc2c1=O. The second kappa shape index (κ2) is 7.36. The van der Waals surface area contributed by atoms with E-state index >= 15 is 0 Å². The van der Waals surface area contributed by atoms with E-state index in [1.54, 1.807) is 0 Å². The molecule has 8 heteroatoms. The molecule has 3 rings (SSSR count). The van der Waals surface area contributed by atoms with E-state index in [1.807, 2.05) is 32.0 Å². The van der Waals surface area contributed by atoms with Crippen LogP contribution in [0.15, 0.2) is 47.5 Å². The number of carbonyl (C=O) groups excluding carboxylic acids is 1. The van der Waals surface area contributed by atoms with E-state index in [0.29, 0.717) is 0 Å². The van der Waals surface area contributed by atoms with Crippen molar-refractivity contribution in [2.24, 2.45) is 0 Å². The van der Waals surface area contributed by atoms with Gasteiger partial charge in [0, 0.05) is 17.8 Å². The molecule has 0 atom stereocenters. The second-order valence-corrected chi connectivity index (χ2v) is 6.15. The highest BCUT2D eigenvalue weighted by molar-refractivity contribution is 5.92. The minimum Gasteiger partial charge on any atom is -0.324 e. The second-order valence-electron chi connectivity index (χ2n) is 6.15. The molecule has 1 heterocycles. The number of aromatic nitrogens is 2. The van der Waals surface area contributed by atoms with Gasteiger partial charge in [0.2, 0.25) is 5.91 Å². The minimum absolute atomic E-state index is 0.142. The highest BCUT2D eigenvalue weighted by atomic mass is 16.6. The number of benzene rings is 2. The Labute approximate surface area is 154 Å². The molecule has 0 aliphatic carbocycles. The Hall–Kier alpha value is -3.55. The van der Waals surface area contributed by atoms with Crippen molar-refractivity contribution in [3.05, 3.63) is 74.3 Å². The lowest BCUT2D eigenvalue weighted by Crippen LogP contribution is -2.28. The summed E-state index contributed by atoms with van der Waals surface area (Å²) in [6.07, 6.45) is 2.00. The van der Waals surface area contributed by atoms with Gasteiger partial charge in [0.25, 0.3) is 11.2 Å². The maximum absolute atomic E-state index is 12.6. The Morgan fingerprint density at radius 1 is 1.30 bits per heavy atom. The van der Waals surface area contributed by atoms with Gasteiger partial charge in [0.15, 0.2) is 0 Å². The van der Waals surface area contributed by atoms with E-state index in [9.17, 15) is 19.7 Å². The molecule has 3 aromatic rings. The van der Waals surface area contributed by atoms with Gasteiger partial charge in [-0.25, -0.2) is 4.98 Å². The summed E-state index contributed by atoms with van der Waals surface area (Å²) in [6.45, 7) is 3.71. The molecule has 1 amide bonds. The lowest BCUT2D eigenvalue weighted by molar-refractivity contribution is -0.384. The number of aryl methyl sites for hydroxylation is 2. The van der Waals surface area contributed by atoms with Crippen molar-refractivity contribution >= 4 is 28.2 Å². The molecule has 27 heavy (non-hydrogen) atoms. The molecule has 138 valence electrons. The predicted octanol–water partition coefficient (Wildman–Crippen LogP) is 2.81. The van der Waals surface area contributed by atoms with Crippen LogP contribution in [0.25, 0.3) is 10.9 Å². The minimum atomic E-state index is -0.548. The number of fused-ring (bicyclic) bond motifs is 1. The van der Waals surface area contributed by atoms with Crippen molar-refractivity contribution in [1.29, 1.82) is 0 Å². The van der Waals surface area contributed by atoms with E-state index in [4.69, 9.17) is 0 Å². The third-order valence-corrected chi connectivity index (χ3v) is 4.34. The van der Waals surface area contributed by atoms with Crippen molar-refractivity contribution in [3.63, 3.8) is 0 Å². The Morgan fingerprint density at radius 2 is 2.07 bits per heavy atom. The van der Waals surface area contributed by atoms with Crippen molar-refractivity contribution in [2.45, 2.75) is 26.8 Å². The molecule has 1 N–H and O–H groups in total. The number of hydrogen-bond acceptors (Lipinski definition) is 5. The lowest BCUT2D eigenvalue weighted by Gasteiger charge is -2.13. The molecule has 0 saturated heterocycles. The molecule has 0 aliphatic rings. The van der Waals surface area contributed by atoms with Gasteiger partial charge < -0.3 is 5.32 Å². The molecule has 0 bridgehead atoms. The normalized spacial score (nSPS) is 10.7. The zero-order chi connectivity index (χ0) is 19.6. The van der Waals surface area contributed by atoms with E-state index in [2.05, 4.69) is 10.3 Å². The first-order valence-electron chi connectivity index (χ1n) is 8.42. The number of anilines is 1. The number of nitrogens with one attached hydrogen (secondary N) is 1. The Bertz CT molecular complexity index is 1100. The Balaban J connectivity index is 1.88. The zero-order valence-electron chi connectivity index (χ0n) is 14.9. The molecule has 8 nitrogen and oxygen atoms in total. The molecule has 0 aliphatic heterocycles. The molecule has 1 aromatic heterocycles. The summed E-state index contributed by atoms with van der Waals surface area (Å²) in [5.74, 6) is -0.343. The number of rotatable bonds is 5. The standard InChI is InChI=1S/C19H18N4O4/c1-3-13-6-4-5-12(2)18(13)21-17(24)10-22-11-20-16-9-14(23(26)27)7-8-15(16)19(22)25/h4-9,11H,3,10H2,1-2H3,(H,21,24). The molecular weight excluding hydrogens is 348 g/mol. The zero-order valence-corrected chi connectivity index (χ0v) is 14.9. The van der Waals surface area contributed by atoms with Gasteiger partial charge in [-0.3, -0.25) is 24.3 Å². The maximum Gasteiger partial charge on any atom is 0.271 e. The Kier molecular flexibility index (Phi) is 4.98. The summed E-state index contributed by atoms with van der Waals surface area (Å²) < 4.78 is 1.19. The summed E-state index contributed by atoms with van der Waals surface area (Å²) >= 11 is 0. The van der Waals surface area contributed by atoms with Crippen LogP contribution in [0.2, 0.25) is 0 Å².